The first-order chi connectivity index (χ1) is 20.4. The normalized spacial score (nSPS) is 11.1. The van der Waals surface area contributed by atoms with Crippen LogP contribution in [-0.2, 0) is 9.59 Å². The summed E-state index contributed by atoms with van der Waals surface area (Å²) < 4.78 is 0. The second kappa shape index (κ2) is 13.9. The lowest BCUT2D eigenvalue weighted by Gasteiger charge is -2.11. The van der Waals surface area contributed by atoms with Crippen molar-refractivity contribution in [2.45, 2.75) is 11.8 Å². The van der Waals surface area contributed by atoms with Gasteiger partial charge >= 0.3 is 0 Å². The maximum absolute atomic E-state index is 13.1. The maximum Gasteiger partial charge on any atom is 0.272 e. The van der Waals surface area contributed by atoms with Gasteiger partial charge in [0, 0.05) is 27.1 Å². The fourth-order valence-electron chi connectivity index (χ4n) is 3.79. The summed E-state index contributed by atoms with van der Waals surface area (Å²) in [6, 6.07) is 25.9. The Morgan fingerprint density at radius 2 is 1.64 bits per heavy atom. The standard InChI is InChI=1S/C32H26N4O3S3/c1-21-7-9-23(10-8-21)28-19-42-32(35-28)36-29(37)20-41-26-13-11-25(12-14-26)33-31(39)27(17-22-15-16-40-18-22)34-30(38)24-5-3-2-4-6-24/h2-19H,20H2,1H3,(H,33,39)(H,34,38)(H,35,36,37)/b27-17-. The van der Waals surface area contributed by atoms with E-state index in [1.807, 2.05) is 71.6 Å². The summed E-state index contributed by atoms with van der Waals surface area (Å²) in [6.07, 6.45) is 1.64. The van der Waals surface area contributed by atoms with Gasteiger partial charge in [0.05, 0.1) is 11.4 Å². The third-order valence-corrected chi connectivity index (χ3v) is 8.43. The number of rotatable bonds is 10. The molecule has 0 saturated heterocycles. The van der Waals surface area contributed by atoms with E-state index in [1.54, 1.807) is 42.5 Å². The molecular weight excluding hydrogens is 585 g/mol. The second-order valence-corrected chi connectivity index (χ2v) is 11.8. The lowest BCUT2D eigenvalue weighted by Crippen LogP contribution is -2.30. The quantitative estimate of drug-likeness (QED) is 0.114. The Kier molecular flexibility index (Phi) is 9.60. The van der Waals surface area contributed by atoms with Gasteiger partial charge in [0.1, 0.15) is 5.70 Å². The van der Waals surface area contributed by atoms with Crippen LogP contribution in [0.2, 0.25) is 0 Å². The Morgan fingerprint density at radius 1 is 0.881 bits per heavy atom. The summed E-state index contributed by atoms with van der Waals surface area (Å²) in [5.74, 6) is -0.760. The summed E-state index contributed by atoms with van der Waals surface area (Å²) in [7, 11) is 0. The highest BCUT2D eigenvalue weighted by atomic mass is 32.2. The topological polar surface area (TPSA) is 100 Å². The predicted molar refractivity (Wildman–Crippen MR) is 173 cm³/mol. The van der Waals surface area contributed by atoms with Gasteiger partial charge in [0.25, 0.3) is 11.8 Å². The Balaban J connectivity index is 1.15. The van der Waals surface area contributed by atoms with E-state index in [2.05, 4.69) is 20.9 Å². The van der Waals surface area contributed by atoms with E-state index in [0.29, 0.717) is 16.4 Å². The molecule has 0 fully saturated rings. The van der Waals surface area contributed by atoms with Gasteiger partial charge in [-0.15, -0.1) is 23.1 Å². The average Bonchev–Trinajstić information content (AvgIpc) is 3.70. The molecule has 5 aromatic rings. The molecule has 0 saturated carbocycles. The number of aromatic nitrogens is 1. The number of carbonyl (C=O) groups excluding carboxylic acids is 3. The van der Waals surface area contributed by atoms with Gasteiger partial charge < -0.3 is 16.0 Å². The van der Waals surface area contributed by atoms with Crippen LogP contribution in [0.25, 0.3) is 17.3 Å². The van der Waals surface area contributed by atoms with Crippen molar-refractivity contribution in [3.8, 4) is 11.3 Å². The minimum absolute atomic E-state index is 0.130. The van der Waals surface area contributed by atoms with Crippen molar-refractivity contribution in [2.24, 2.45) is 0 Å². The van der Waals surface area contributed by atoms with Crippen LogP contribution in [0.1, 0.15) is 21.5 Å². The van der Waals surface area contributed by atoms with Crippen LogP contribution in [0.4, 0.5) is 10.8 Å². The number of amides is 3. The zero-order chi connectivity index (χ0) is 29.3. The monoisotopic (exact) mass is 610 g/mol. The first kappa shape index (κ1) is 29.0. The van der Waals surface area contributed by atoms with E-state index in [0.717, 1.165) is 21.7 Å². The molecule has 3 aromatic carbocycles. The van der Waals surface area contributed by atoms with Crippen LogP contribution in [-0.4, -0.2) is 28.5 Å². The van der Waals surface area contributed by atoms with Crippen LogP contribution in [0.15, 0.2) is 112 Å². The molecule has 210 valence electrons. The predicted octanol–water partition coefficient (Wildman–Crippen LogP) is 7.32. The van der Waals surface area contributed by atoms with Gasteiger partial charge in [-0.1, -0.05) is 48.0 Å². The van der Waals surface area contributed by atoms with Gasteiger partial charge in [0.2, 0.25) is 5.91 Å². The molecule has 3 N–H and O–H groups in total. The van der Waals surface area contributed by atoms with Gasteiger partial charge in [-0.2, -0.15) is 11.3 Å². The SMILES string of the molecule is Cc1ccc(-c2csc(NC(=O)CSc3ccc(NC(=O)/C(=C/c4ccsc4)NC(=O)c4ccccc4)cc3)n2)cc1. The first-order valence-corrected chi connectivity index (χ1v) is 15.7. The van der Waals surface area contributed by atoms with Crippen LogP contribution in [0, 0.1) is 6.92 Å². The van der Waals surface area contributed by atoms with Crippen molar-refractivity contribution < 1.29 is 14.4 Å². The molecule has 3 amide bonds. The van der Waals surface area contributed by atoms with Crippen LogP contribution >= 0.6 is 34.4 Å². The minimum Gasteiger partial charge on any atom is -0.321 e. The highest BCUT2D eigenvalue weighted by Gasteiger charge is 2.15. The minimum atomic E-state index is -0.446. The summed E-state index contributed by atoms with van der Waals surface area (Å²) in [4.78, 5) is 43.8. The zero-order valence-corrected chi connectivity index (χ0v) is 24.9. The van der Waals surface area contributed by atoms with E-state index in [4.69, 9.17) is 0 Å². The largest absolute Gasteiger partial charge is 0.321 e. The maximum atomic E-state index is 13.1. The van der Waals surface area contributed by atoms with Gasteiger partial charge in [-0.05, 0) is 71.8 Å². The molecular formula is C32H26N4O3S3. The average molecular weight is 611 g/mol. The lowest BCUT2D eigenvalue weighted by molar-refractivity contribution is -0.114. The number of carbonyl (C=O) groups is 3. The molecule has 2 aromatic heterocycles. The number of thiophene rings is 1. The first-order valence-electron chi connectivity index (χ1n) is 12.9. The molecule has 2 heterocycles. The van der Waals surface area contributed by atoms with Crippen LogP contribution < -0.4 is 16.0 Å². The van der Waals surface area contributed by atoms with E-state index in [-0.39, 0.29) is 23.3 Å². The number of thiazole rings is 1. The summed E-state index contributed by atoms with van der Waals surface area (Å²) in [5, 5.41) is 14.7. The third kappa shape index (κ3) is 8.03. The van der Waals surface area contributed by atoms with Crippen molar-refractivity contribution in [3.05, 3.63) is 123 Å². The summed E-state index contributed by atoms with van der Waals surface area (Å²) in [5.41, 5.74) is 4.97. The molecule has 0 aliphatic carbocycles. The zero-order valence-electron chi connectivity index (χ0n) is 22.5. The number of thioether (sulfide) groups is 1. The molecule has 10 heteroatoms. The van der Waals surface area contributed by atoms with Crippen molar-refractivity contribution >= 4 is 69.1 Å². The van der Waals surface area contributed by atoms with Crippen molar-refractivity contribution in [1.29, 1.82) is 0 Å². The van der Waals surface area contributed by atoms with Gasteiger partial charge in [-0.25, -0.2) is 4.98 Å². The van der Waals surface area contributed by atoms with Gasteiger partial charge in [-0.3, -0.25) is 14.4 Å². The summed E-state index contributed by atoms with van der Waals surface area (Å²) >= 11 is 4.27. The van der Waals surface area contributed by atoms with E-state index in [1.165, 1.54) is 40.0 Å². The Labute approximate surface area is 255 Å². The van der Waals surface area contributed by atoms with Crippen molar-refractivity contribution in [2.75, 3.05) is 16.4 Å². The number of nitrogens with one attached hydrogen (secondary N) is 3. The Hall–Kier alpha value is -4.51. The van der Waals surface area contributed by atoms with Gasteiger partial charge in [0.15, 0.2) is 5.13 Å². The number of hydrogen-bond acceptors (Lipinski definition) is 7. The van der Waals surface area contributed by atoms with Crippen molar-refractivity contribution in [3.63, 3.8) is 0 Å². The molecule has 42 heavy (non-hydrogen) atoms. The number of anilines is 2. The molecule has 0 unspecified atom stereocenters. The molecule has 0 spiro atoms. The third-order valence-electron chi connectivity index (χ3n) is 5.96. The highest BCUT2D eigenvalue weighted by Crippen LogP contribution is 2.26. The van der Waals surface area contributed by atoms with Crippen molar-refractivity contribution in [1.82, 2.24) is 10.3 Å². The van der Waals surface area contributed by atoms with E-state index < -0.39 is 5.91 Å². The number of hydrogen-bond donors (Lipinski definition) is 3. The molecule has 0 radical (unpaired) electrons. The second-order valence-electron chi connectivity index (χ2n) is 9.15. The van der Waals surface area contributed by atoms with E-state index in [9.17, 15) is 14.4 Å². The number of nitrogens with zero attached hydrogens (tertiary/aromatic N) is 1. The fourth-order valence-corrected chi connectivity index (χ4v) is 5.84. The molecule has 0 aliphatic heterocycles. The Bertz CT molecular complexity index is 1700. The molecule has 5 rings (SSSR count). The lowest BCUT2D eigenvalue weighted by atomic mass is 10.1. The number of aryl methyl sites for hydroxylation is 1. The fraction of sp³-hybridized carbons (Fsp3) is 0.0625. The highest BCUT2D eigenvalue weighted by molar-refractivity contribution is 8.00. The van der Waals surface area contributed by atoms with Crippen LogP contribution in [0.5, 0.6) is 0 Å². The number of benzene rings is 3. The smallest absolute Gasteiger partial charge is 0.272 e. The Morgan fingerprint density at radius 3 is 2.36 bits per heavy atom. The molecule has 0 atom stereocenters. The molecule has 7 nitrogen and oxygen atoms in total. The van der Waals surface area contributed by atoms with E-state index >= 15 is 0 Å². The molecule has 0 aliphatic rings. The molecule has 0 bridgehead atoms. The van der Waals surface area contributed by atoms with Crippen LogP contribution in [0.3, 0.4) is 0 Å². The summed E-state index contributed by atoms with van der Waals surface area (Å²) in [6.45, 7) is 2.04.